The molecule has 0 saturated carbocycles. The molecule has 7 heteroatoms. The van der Waals surface area contributed by atoms with Crippen LogP contribution in [0.4, 0.5) is 5.88 Å². The molecule has 0 amide bonds. The summed E-state index contributed by atoms with van der Waals surface area (Å²) in [7, 11) is 4.12. The van der Waals surface area contributed by atoms with Gasteiger partial charge >= 0.3 is 0 Å². The molecule has 3 heterocycles. The first-order valence-corrected chi connectivity index (χ1v) is 15.2. The molecule has 1 aliphatic carbocycles. The van der Waals surface area contributed by atoms with Crippen LogP contribution in [-0.2, 0) is 0 Å². The van der Waals surface area contributed by atoms with Crippen LogP contribution in [0.15, 0.2) is 46.9 Å². The Morgan fingerprint density at radius 1 is 1.14 bits per heavy atom. The van der Waals surface area contributed by atoms with Crippen LogP contribution in [0.1, 0.15) is 37.4 Å². The highest BCUT2D eigenvalue weighted by atomic mass is 32.2. The minimum Gasteiger partial charge on any atom is -0.492 e. The zero-order valence-electron chi connectivity index (χ0n) is 21.9. The molecule has 194 valence electrons. The SMILES string of the molecule is CC1C=CC=C(c2c(-c3ccc(OCCN(C)C)cc3)oc3c2C(NCC2SCCS2)C(C)CN3)C1. The predicted molar refractivity (Wildman–Crippen MR) is 156 cm³/mol. The van der Waals surface area contributed by atoms with Crippen LogP contribution in [0.3, 0.4) is 0 Å². The Bertz CT molecular complexity index is 1090. The lowest BCUT2D eigenvalue weighted by Gasteiger charge is -2.32. The molecule has 0 bridgehead atoms. The molecule has 1 aromatic carbocycles. The van der Waals surface area contributed by atoms with Crippen molar-refractivity contribution in [3.63, 3.8) is 0 Å². The summed E-state index contributed by atoms with van der Waals surface area (Å²) in [5, 5.41) is 7.56. The van der Waals surface area contributed by atoms with Crippen molar-refractivity contribution in [2.75, 3.05) is 57.2 Å². The molecule has 1 fully saturated rings. The van der Waals surface area contributed by atoms with Crippen LogP contribution < -0.4 is 15.4 Å². The van der Waals surface area contributed by atoms with Gasteiger partial charge in [0, 0.05) is 53.9 Å². The Morgan fingerprint density at radius 2 is 1.92 bits per heavy atom. The van der Waals surface area contributed by atoms with Crippen LogP contribution in [0.25, 0.3) is 16.9 Å². The quantitative estimate of drug-likeness (QED) is 0.395. The lowest BCUT2D eigenvalue weighted by atomic mass is 9.82. The van der Waals surface area contributed by atoms with Crippen molar-refractivity contribution >= 4 is 35.0 Å². The second kappa shape index (κ2) is 11.7. The summed E-state index contributed by atoms with van der Waals surface area (Å²) in [5.41, 5.74) is 5.03. The number of thioether (sulfide) groups is 2. The minimum atomic E-state index is 0.270. The molecule has 3 aliphatic rings. The molecule has 1 aromatic heterocycles. The second-order valence-electron chi connectivity index (χ2n) is 10.4. The van der Waals surface area contributed by atoms with Gasteiger partial charge in [0.25, 0.3) is 0 Å². The van der Waals surface area contributed by atoms with Crippen molar-refractivity contribution in [2.24, 2.45) is 11.8 Å². The number of furan rings is 1. The largest absolute Gasteiger partial charge is 0.492 e. The normalized spacial score (nSPS) is 24.0. The molecule has 2 N–H and O–H groups in total. The van der Waals surface area contributed by atoms with Gasteiger partial charge < -0.3 is 24.7 Å². The summed E-state index contributed by atoms with van der Waals surface area (Å²) < 4.78 is 13.2. The van der Waals surface area contributed by atoms with Crippen molar-refractivity contribution in [1.29, 1.82) is 0 Å². The van der Waals surface area contributed by atoms with E-state index in [-0.39, 0.29) is 6.04 Å². The van der Waals surface area contributed by atoms with E-state index in [1.165, 1.54) is 28.2 Å². The van der Waals surface area contributed by atoms with E-state index in [1.807, 2.05) is 0 Å². The molecule has 0 spiro atoms. The fourth-order valence-electron chi connectivity index (χ4n) is 5.18. The summed E-state index contributed by atoms with van der Waals surface area (Å²) in [5.74, 6) is 6.30. The number of benzene rings is 1. The van der Waals surface area contributed by atoms with Crippen molar-refractivity contribution in [1.82, 2.24) is 10.2 Å². The van der Waals surface area contributed by atoms with Gasteiger partial charge in [-0.15, -0.1) is 23.5 Å². The zero-order valence-corrected chi connectivity index (χ0v) is 23.5. The van der Waals surface area contributed by atoms with Gasteiger partial charge in [0.1, 0.15) is 18.1 Å². The Labute approximate surface area is 224 Å². The number of rotatable bonds is 9. The number of likely N-dealkylation sites (N-methyl/N-ethyl adjacent to an activating group) is 1. The smallest absolute Gasteiger partial charge is 0.199 e. The topological polar surface area (TPSA) is 49.7 Å². The van der Waals surface area contributed by atoms with E-state index in [0.717, 1.165) is 49.0 Å². The summed E-state index contributed by atoms with van der Waals surface area (Å²) in [6, 6.07) is 8.67. The van der Waals surface area contributed by atoms with E-state index in [0.29, 0.717) is 23.0 Å². The predicted octanol–water partition coefficient (Wildman–Crippen LogP) is 6.36. The molecule has 1 saturated heterocycles. The van der Waals surface area contributed by atoms with E-state index in [9.17, 15) is 0 Å². The van der Waals surface area contributed by atoms with Gasteiger partial charge in [0.05, 0.1) is 4.58 Å². The first-order valence-electron chi connectivity index (χ1n) is 13.1. The van der Waals surface area contributed by atoms with E-state index < -0.39 is 0 Å². The third-order valence-electron chi connectivity index (χ3n) is 7.13. The standard InChI is InChI=1S/C29H39N3O2S2/c1-19-6-5-7-22(16-19)25-26-27(30-18-24-35-14-15-36-24)20(2)17-31-29(26)34-28(25)21-8-10-23(11-9-21)33-13-12-32(3)4/h5-11,19-20,24,27,30-31H,12-18H2,1-4H3. The van der Waals surface area contributed by atoms with Crippen molar-refractivity contribution in [2.45, 2.75) is 30.9 Å². The third-order valence-corrected chi connectivity index (χ3v) is 10.2. The molecular weight excluding hydrogens is 486 g/mol. The van der Waals surface area contributed by atoms with Crippen LogP contribution in [0.5, 0.6) is 5.75 Å². The number of anilines is 1. The molecule has 3 unspecified atom stereocenters. The Hall–Kier alpha value is -1.80. The number of hydrogen-bond donors (Lipinski definition) is 2. The fraction of sp³-hybridized carbons (Fsp3) is 0.517. The highest BCUT2D eigenvalue weighted by Crippen LogP contribution is 2.48. The average molecular weight is 526 g/mol. The monoisotopic (exact) mass is 525 g/mol. The summed E-state index contributed by atoms with van der Waals surface area (Å²) in [4.78, 5) is 2.13. The van der Waals surface area contributed by atoms with E-state index >= 15 is 0 Å². The average Bonchev–Trinajstić information content (AvgIpc) is 3.52. The van der Waals surface area contributed by atoms with Gasteiger partial charge in [0.15, 0.2) is 5.88 Å². The van der Waals surface area contributed by atoms with Crippen LogP contribution >= 0.6 is 23.5 Å². The van der Waals surface area contributed by atoms with Gasteiger partial charge in [-0.05, 0) is 62.2 Å². The van der Waals surface area contributed by atoms with Crippen LogP contribution in [0.2, 0.25) is 0 Å². The molecule has 5 nitrogen and oxygen atoms in total. The maximum absolute atomic E-state index is 6.64. The van der Waals surface area contributed by atoms with E-state index in [4.69, 9.17) is 9.15 Å². The lowest BCUT2D eigenvalue weighted by Crippen LogP contribution is -2.37. The first kappa shape index (κ1) is 25.8. The van der Waals surface area contributed by atoms with Crippen molar-refractivity contribution in [3.8, 4) is 17.1 Å². The zero-order chi connectivity index (χ0) is 25.1. The molecule has 3 atom stereocenters. The van der Waals surface area contributed by atoms with Gasteiger partial charge in [0.2, 0.25) is 0 Å². The third kappa shape index (κ3) is 5.85. The molecule has 36 heavy (non-hydrogen) atoms. The van der Waals surface area contributed by atoms with Crippen molar-refractivity contribution < 1.29 is 9.15 Å². The first-order chi connectivity index (χ1) is 17.5. The number of nitrogens with zero attached hydrogens (tertiary/aromatic N) is 1. The molecule has 2 aromatic rings. The van der Waals surface area contributed by atoms with Gasteiger partial charge in [-0.3, -0.25) is 0 Å². The summed E-state index contributed by atoms with van der Waals surface area (Å²) >= 11 is 4.17. The van der Waals surface area contributed by atoms with Gasteiger partial charge in [-0.2, -0.15) is 0 Å². The van der Waals surface area contributed by atoms with Crippen LogP contribution in [-0.4, -0.2) is 61.3 Å². The lowest BCUT2D eigenvalue weighted by molar-refractivity contribution is 0.261. The van der Waals surface area contributed by atoms with Crippen molar-refractivity contribution in [3.05, 3.63) is 53.6 Å². The van der Waals surface area contributed by atoms with E-state index in [1.54, 1.807) is 0 Å². The molecule has 5 rings (SSSR count). The molecule has 0 radical (unpaired) electrons. The van der Waals surface area contributed by atoms with Gasteiger partial charge in [-0.25, -0.2) is 0 Å². The molecule has 2 aliphatic heterocycles. The highest BCUT2D eigenvalue weighted by Gasteiger charge is 2.36. The second-order valence-corrected chi connectivity index (χ2v) is 13.3. The van der Waals surface area contributed by atoms with Crippen LogP contribution in [0, 0.1) is 11.8 Å². The number of fused-ring (bicyclic) bond motifs is 1. The Kier molecular flexibility index (Phi) is 8.41. The number of nitrogens with one attached hydrogen (secondary N) is 2. The minimum absolute atomic E-state index is 0.270. The van der Waals surface area contributed by atoms with E-state index in [2.05, 4.69) is 109 Å². The maximum Gasteiger partial charge on any atom is 0.199 e. The maximum atomic E-state index is 6.64. The fourth-order valence-corrected chi connectivity index (χ4v) is 7.87. The Morgan fingerprint density at radius 3 is 2.64 bits per heavy atom. The van der Waals surface area contributed by atoms with Gasteiger partial charge in [-0.1, -0.05) is 32.1 Å². The number of ether oxygens (including phenoxy) is 1. The molecular formula is C29H39N3O2S2. The Balaban J connectivity index is 1.48. The number of hydrogen-bond acceptors (Lipinski definition) is 7. The summed E-state index contributed by atoms with van der Waals surface area (Å²) in [6.45, 7) is 8.15. The summed E-state index contributed by atoms with van der Waals surface area (Å²) in [6.07, 6.45) is 7.81. The number of allylic oxidation sites excluding steroid dienone is 4. The highest BCUT2D eigenvalue weighted by molar-refractivity contribution is 8.20.